The molecule has 1 aromatic rings. The lowest BCUT2D eigenvalue weighted by atomic mass is 9.93. The number of piperidine rings is 1. The van der Waals surface area contributed by atoms with Crippen LogP contribution in [-0.2, 0) is 11.2 Å². The van der Waals surface area contributed by atoms with Crippen molar-refractivity contribution in [3.63, 3.8) is 0 Å². The predicted octanol–water partition coefficient (Wildman–Crippen LogP) is 1.56. The van der Waals surface area contributed by atoms with Gasteiger partial charge in [-0.1, -0.05) is 12.1 Å². The van der Waals surface area contributed by atoms with Crippen LogP contribution in [0.15, 0.2) is 24.3 Å². The van der Waals surface area contributed by atoms with E-state index < -0.39 is 12.2 Å². The standard InChI is InChI=1S/C19H25F2N3O3/c1-19(10-9-14-5-7-15(8-6-14)27-17(20)21)16(25)24(18(26)22-19)13-23-11-3-2-4-12-23/h5-8,17H,2-4,9-13H2,1H3,(H,22,26)/p+1/t19-/m0/s1. The minimum Gasteiger partial charge on any atom is -0.435 e. The van der Waals surface area contributed by atoms with Crippen LogP contribution in [0, 0.1) is 0 Å². The molecule has 2 aliphatic rings. The van der Waals surface area contributed by atoms with Crippen molar-refractivity contribution in [2.75, 3.05) is 19.8 Å². The quantitative estimate of drug-likeness (QED) is 0.704. The molecule has 0 aromatic heterocycles. The number of aryl methyl sites for hydroxylation is 1. The van der Waals surface area contributed by atoms with E-state index in [-0.39, 0.29) is 17.7 Å². The van der Waals surface area contributed by atoms with Crippen molar-refractivity contribution < 1.29 is 28.0 Å². The highest BCUT2D eigenvalue weighted by Gasteiger charge is 2.48. The molecule has 0 radical (unpaired) electrons. The summed E-state index contributed by atoms with van der Waals surface area (Å²) in [5, 5.41) is 2.83. The number of amides is 3. The third-order valence-corrected chi connectivity index (χ3v) is 5.35. The van der Waals surface area contributed by atoms with E-state index in [0.29, 0.717) is 19.5 Å². The Balaban J connectivity index is 1.57. The number of ether oxygens (including phenoxy) is 1. The van der Waals surface area contributed by atoms with Gasteiger partial charge in [0.15, 0.2) is 6.67 Å². The highest BCUT2D eigenvalue weighted by molar-refractivity contribution is 6.06. The van der Waals surface area contributed by atoms with E-state index in [0.717, 1.165) is 31.5 Å². The van der Waals surface area contributed by atoms with Crippen LogP contribution in [0.2, 0.25) is 0 Å². The maximum absolute atomic E-state index is 12.8. The third kappa shape index (κ3) is 4.74. The number of carbonyl (C=O) groups excluding carboxylic acids is 2. The lowest BCUT2D eigenvalue weighted by molar-refractivity contribution is -0.912. The first-order valence-electron chi connectivity index (χ1n) is 9.39. The molecular formula is C19H26F2N3O3+. The number of alkyl halides is 2. The summed E-state index contributed by atoms with van der Waals surface area (Å²) < 4.78 is 28.7. The molecule has 2 fully saturated rings. The second-order valence-corrected chi connectivity index (χ2v) is 7.49. The van der Waals surface area contributed by atoms with E-state index in [9.17, 15) is 18.4 Å². The van der Waals surface area contributed by atoms with Crippen LogP contribution in [0.3, 0.4) is 0 Å². The monoisotopic (exact) mass is 382 g/mol. The molecule has 2 aliphatic heterocycles. The third-order valence-electron chi connectivity index (χ3n) is 5.35. The first kappa shape index (κ1) is 19.5. The number of hydrogen-bond donors (Lipinski definition) is 2. The number of rotatable bonds is 7. The van der Waals surface area contributed by atoms with Crippen LogP contribution in [0.5, 0.6) is 5.75 Å². The predicted molar refractivity (Wildman–Crippen MR) is 94.6 cm³/mol. The fourth-order valence-electron chi connectivity index (χ4n) is 3.73. The van der Waals surface area contributed by atoms with Crippen LogP contribution in [-0.4, -0.2) is 48.7 Å². The molecule has 2 heterocycles. The Hall–Kier alpha value is -2.22. The average Bonchev–Trinajstić information content (AvgIpc) is 2.85. The van der Waals surface area contributed by atoms with E-state index in [2.05, 4.69) is 10.1 Å². The van der Waals surface area contributed by atoms with Gasteiger partial charge in [-0.3, -0.25) is 4.79 Å². The molecule has 2 saturated heterocycles. The zero-order chi connectivity index (χ0) is 19.4. The average molecular weight is 382 g/mol. The molecule has 27 heavy (non-hydrogen) atoms. The minimum atomic E-state index is -2.85. The van der Waals surface area contributed by atoms with Crippen LogP contribution < -0.4 is 15.0 Å². The zero-order valence-corrected chi connectivity index (χ0v) is 15.5. The van der Waals surface area contributed by atoms with Crippen LogP contribution >= 0.6 is 0 Å². The van der Waals surface area contributed by atoms with Gasteiger partial charge in [-0.25, -0.2) is 9.69 Å². The summed E-state index contributed by atoms with van der Waals surface area (Å²) in [5.41, 5.74) is -0.0511. The lowest BCUT2D eigenvalue weighted by Gasteiger charge is -2.27. The molecule has 2 N–H and O–H groups in total. The van der Waals surface area contributed by atoms with E-state index in [1.54, 1.807) is 19.1 Å². The number of likely N-dealkylation sites (tertiary alicyclic amines) is 1. The first-order valence-corrected chi connectivity index (χ1v) is 9.39. The summed E-state index contributed by atoms with van der Waals surface area (Å²) in [6.07, 6.45) is 4.45. The second-order valence-electron chi connectivity index (χ2n) is 7.49. The molecular weight excluding hydrogens is 356 g/mol. The molecule has 1 atom stereocenters. The normalized spacial score (nSPS) is 23.8. The minimum absolute atomic E-state index is 0.0980. The highest BCUT2D eigenvalue weighted by atomic mass is 19.3. The molecule has 0 unspecified atom stereocenters. The number of halogens is 2. The maximum Gasteiger partial charge on any atom is 0.387 e. The fraction of sp³-hybridized carbons (Fsp3) is 0.579. The summed E-state index contributed by atoms with van der Waals surface area (Å²) in [6.45, 7) is 1.28. The van der Waals surface area contributed by atoms with Crippen LogP contribution in [0.1, 0.15) is 38.2 Å². The molecule has 0 bridgehead atoms. The molecule has 6 nitrogen and oxygen atoms in total. The number of hydrogen-bond acceptors (Lipinski definition) is 3. The Morgan fingerprint density at radius 3 is 2.48 bits per heavy atom. The molecule has 0 spiro atoms. The molecule has 1 aromatic carbocycles. The van der Waals surface area contributed by atoms with Crippen molar-refractivity contribution in [1.82, 2.24) is 10.2 Å². The van der Waals surface area contributed by atoms with Gasteiger partial charge in [0, 0.05) is 0 Å². The van der Waals surface area contributed by atoms with Gasteiger partial charge in [0.25, 0.3) is 5.91 Å². The second kappa shape index (κ2) is 8.21. The van der Waals surface area contributed by atoms with Crippen molar-refractivity contribution in [2.24, 2.45) is 0 Å². The topological polar surface area (TPSA) is 63.1 Å². The highest BCUT2D eigenvalue weighted by Crippen LogP contribution is 2.24. The maximum atomic E-state index is 12.8. The lowest BCUT2D eigenvalue weighted by Crippen LogP contribution is -3.14. The number of quaternary nitrogens is 1. The van der Waals surface area contributed by atoms with Gasteiger partial charge in [-0.05, 0) is 56.7 Å². The van der Waals surface area contributed by atoms with Gasteiger partial charge in [0.2, 0.25) is 0 Å². The van der Waals surface area contributed by atoms with Gasteiger partial charge < -0.3 is 15.0 Å². The number of urea groups is 1. The first-order chi connectivity index (χ1) is 12.9. The van der Waals surface area contributed by atoms with Gasteiger partial charge >= 0.3 is 12.6 Å². The Morgan fingerprint density at radius 1 is 1.19 bits per heavy atom. The van der Waals surface area contributed by atoms with Crippen molar-refractivity contribution in [3.8, 4) is 5.75 Å². The Bertz CT molecular complexity index is 677. The van der Waals surface area contributed by atoms with Gasteiger partial charge in [-0.2, -0.15) is 8.78 Å². The van der Waals surface area contributed by atoms with Crippen molar-refractivity contribution in [1.29, 1.82) is 0 Å². The van der Waals surface area contributed by atoms with Gasteiger partial charge in [0.05, 0.1) is 13.1 Å². The van der Waals surface area contributed by atoms with Crippen LogP contribution in [0.4, 0.5) is 13.6 Å². The number of imide groups is 1. The Kier molecular flexibility index (Phi) is 5.94. The summed E-state index contributed by atoms with van der Waals surface area (Å²) in [6, 6.07) is 6.01. The van der Waals surface area contributed by atoms with Gasteiger partial charge in [-0.15, -0.1) is 0 Å². The summed E-state index contributed by atoms with van der Waals surface area (Å²) in [5.74, 6) is -0.0934. The molecule has 0 saturated carbocycles. The number of nitrogens with one attached hydrogen (secondary N) is 2. The van der Waals surface area contributed by atoms with E-state index >= 15 is 0 Å². The van der Waals surface area contributed by atoms with E-state index in [4.69, 9.17) is 0 Å². The van der Waals surface area contributed by atoms with Crippen LogP contribution in [0.25, 0.3) is 0 Å². The molecule has 0 aliphatic carbocycles. The van der Waals surface area contributed by atoms with Gasteiger partial charge in [0.1, 0.15) is 11.3 Å². The zero-order valence-electron chi connectivity index (χ0n) is 15.5. The molecule has 8 heteroatoms. The molecule has 148 valence electrons. The number of carbonyl (C=O) groups is 2. The summed E-state index contributed by atoms with van der Waals surface area (Å²) >= 11 is 0. The molecule has 3 amide bonds. The summed E-state index contributed by atoms with van der Waals surface area (Å²) in [7, 11) is 0. The Morgan fingerprint density at radius 2 is 1.85 bits per heavy atom. The number of benzene rings is 1. The molecule has 3 rings (SSSR count). The smallest absolute Gasteiger partial charge is 0.387 e. The van der Waals surface area contributed by atoms with Crippen molar-refractivity contribution in [2.45, 2.75) is 51.2 Å². The fourth-order valence-corrected chi connectivity index (χ4v) is 3.73. The van der Waals surface area contributed by atoms with E-state index in [1.807, 2.05) is 0 Å². The van der Waals surface area contributed by atoms with Crippen molar-refractivity contribution >= 4 is 11.9 Å². The number of nitrogens with zero attached hydrogens (tertiary/aromatic N) is 1. The Labute approximate surface area is 157 Å². The SMILES string of the molecule is C[C@@]1(CCc2ccc(OC(F)F)cc2)NC(=O)N(C[NH+]2CCCCC2)C1=O. The summed E-state index contributed by atoms with van der Waals surface area (Å²) in [4.78, 5) is 27.8. The van der Waals surface area contributed by atoms with E-state index in [1.165, 1.54) is 28.4 Å². The largest absolute Gasteiger partial charge is 0.435 e. The van der Waals surface area contributed by atoms with Crippen molar-refractivity contribution in [3.05, 3.63) is 29.8 Å².